The number of carbonyl (C=O) groups excluding carboxylic acids is 1. The number of benzene rings is 1. The van der Waals surface area contributed by atoms with E-state index in [0.29, 0.717) is 22.4 Å². The molecule has 24 heavy (non-hydrogen) atoms. The summed E-state index contributed by atoms with van der Waals surface area (Å²) < 4.78 is 5.23. The summed E-state index contributed by atoms with van der Waals surface area (Å²) in [4.78, 5) is 29.3. The molecule has 0 unspecified atom stereocenters. The number of anilines is 1. The van der Waals surface area contributed by atoms with Gasteiger partial charge in [-0.15, -0.1) is 0 Å². The lowest BCUT2D eigenvalue weighted by atomic mass is 10.2. The molecule has 0 spiro atoms. The molecule has 1 aliphatic rings. The molecular formula is C17H14N2O4S. The summed E-state index contributed by atoms with van der Waals surface area (Å²) in [5.41, 5.74) is 0.943. The molecule has 122 valence electrons. The van der Waals surface area contributed by atoms with Crippen LogP contribution in [0, 0.1) is 0 Å². The molecule has 0 bridgehead atoms. The number of amides is 1. The number of para-hydroxylation sites is 1. The molecule has 0 aliphatic carbocycles. The fraction of sp³-hybridized carbons (Fsp3) is 0.118. The minimum Gasteiger partial charge on any atom is -0.481 e. The van der Waals surface area contributed by atoms with Crippen LogP contribution in [0.5, 0.6) is 0 Å². The third-order valence-corrected chi connectivity index (χ3v) is 4.15. The second kappa shape index (κ2) is 7.18. The van der Waals surface area contributed by atoms with Gasteiger partial charge in [0.1, 0.15) is 11.5 Å². The smallest absolute Gasteiger partial charge is 0.304 e. The number of rotatable bonds is 5. The lowest BCUT2D eigenvalue weighted by Gasteiger charge is -2.17. The Morgan fingerprint density at radius 2 is 2.04 bits per heavy atom. The number of hydrogen-bond donors (Lipinski definition) is 1. The van der Waals surface area contributed by atoms with Crippen LogP contribution in [0.1, 0.15) is 12.2 Å². The topological polar surface area (TPSA) is 83.1 Å². The van der Waals surface area contributed by atoms with Crippen molar-refractivity contribution in [3.05, 3.63) is 60.2 Å². The molecule has 1 N–H and O–H groups in total. The molecule has 1 aromatic carbocycles. The summed E-state index contributed by atoms with van der Waals surface area (Å²) in [6.07, 6.45) is 3.09. The zero-order chi connectivity index (χ0) is 16.9. The number of aliphatic carboxylic acids is 1. The van der Waals surface area contributed by atoms with Crippen molar-refractivity contribution in [1.82, 2.24) is 0 Å². The van der Waals surface area contributed by atoms with E-state index < -0.39 is 5.97 Å². The first kappa shape index (κ1) is 16.1. The van der Waals surface area contributed by atoms with Crippen LogP contribution in [0.3, 0.4) is 0 Å². The second-order valence-corrected chi connectivity index (χ2v) is 5.97. The zero-order valence-electron chi connectivity index (χ0n) is 12.6. The molecule has 1 amide bonds. The maximum Gasteiger partial charge on any atom is 0.304 e. The molecule has 0 fully saturated rings. The predicted octanol–water partition coefficient (Wildman–Crippen LogP) is 3.23. The Morgan fingerprint density at radius 3 is 2.71 bits per heavy atom. The third kappa shape index (κ3) is 3.57. The summed E-state index contributed by atoms with van der Waals surface area (Å²) in [6.45, 7) is 0. The molecule has 3 rings (SSSR count). The monoisotopic (exact) mass is 342 g/mol. The van der Waals surface area contributed by atoms with Gasteiger partial charge in [0, 0.05) is 11.8 Å². The van der Waals surface area contributed by atoms with Gasteiger partial charge in [-0.25, -0.2) is 4.99 Å². The van der Waals surface area contributed by atoms with E-state index >= 15 is 0 Å². The van der Waals surface area contributed by atoms with Gasteiger partial charge in [-0.1, -0.05) is 30.0 Å². The standard InChI is InChI=1S/C17H14N2O4S/c20-15(21)8-10-24-17-18-14(11-13-7-4-9-23-13)16(22)19(17)12-5-2-1-3-6-12/h1-7,9,11H,8,10H2,(H,20,21)/b14-11+. The first-order valence-electron chi connectivity index (χ1n) is 7.23. The van der Waals surface area contributed by atoms with Crippen LogP contribution < -0.4 is 4.90 Å². The summed E-state index contributed by atoms with van der Waals surface area (Å²) in [5, 5.41) is 9.25. The van der Waals surface area contributed by atoms with E-state index in [1.165, 1.54) is 22.9 Å². The maximum atomic E-state index is 12.7. The Bertz CT molecular complexity index is 797. The Morgan fingerprint density at radius 1 is 1.25 bits per heavy atom. The molecule has 6 nitrogen and oxygen atoms in total. The number of carboxylic acid groups (broad SMARTS) is 1. The van der Waals surface area contributed by atoms with Crippen molar-refractivity contribution in [1.29, 1.82) is 0 Å². The van der Waals surface area contributed by atoms with E-state index in [4.69, 9.17) is 9.52 Å². The Kier molecular flexibility index (Phi) is 4.81. The highest BCUT2D eigenvalue weighted by atomic mass is 32.2. The lowest BCUT2D eigenvalue weighted by Crippen LogP contribution is -2.30. The van der Waals surface area contributed by atoms with Crippen LogP contribution in [-0.4, -0.2) is 27.9 Å². The minimum absolute atomic E-state index is 0.00224. The van der Waals surface area contributed by atoms with Crippen molar-refractivity contribution in [2.75, 3.05) is 10.7 Å². The number of furan rings is 1. The second-order valence-electron chi connectivity index (χ2n) is 4.91. The number of thioether (sulfide) groups is 1. The molecule has 0 saturated heterocycles. The summed E-state index contributed by atoms with van der Waals surface area (Å²) in [6, 6.07) is 12.6. The molecule has 2 heterocycles. The Hall–Kier alpha value is -2.80. The van der Waals surface area contributed by atoms with E-state index in [0.717, 1.165) is 0 Å². The molecule has 0 saturated carbocycles. The first-order valence-corrected chi connectivity index (χ1v) is 8.22. The Labute approximate surface area is 142 Å². The quantitative estimate of drug-likeness (QED) is 0.844. The fourth-order valence-electron chi connectivity index (χ4n) is 2.14. The van der Waals surface area contributed by atoms with Gasteiger partial charge in [-0.2, -0.15) is 0 Å². The molecule has 2 aromatic rings. The van der Waals surface area contributed by atoms with Crippen molar-refractivity contribution >= 4 is 40.6 Å². The zero-order valence-corrected chi connectivity index (χ0v) is 13.4. The largest absolute Gasteiger partial charge is 0.481 e. The maximum absolute atomic E-state index is 12.7. The van der Waals surface area contributed by atoms with Gasteiger partial charge in [0.2, 0.25) is 0 Å². The van der Waals surface area contributed by atoms with Crippen LogP contribution in [0.4, 0.5) is 5.69 Å². The first-order chi connectivity index (χ1) is 11.6. The van der Waals surface area contributed by atoms with Gasteiger partial charge in [-0.3, -0.25) is 14.5 Å². The molecule has 1 aliphatic heterocycles. The van der Waals surface area contributed by atoms with E-state index in [9.17, 15) is 9.59 Å². The van der Waals surface area contributed by atoms with E-state index in [1.807, 2.05) is 18.2 Å². The van der Waals surface area contributed by atoms with Crippen molar-refractivity contribution in [3.8, 4) is 0 Å². The van der Waals surface area contributed by atoms with Gasteiger partial charge in [-0.05, 0) is 24.3 Å². The number of carbonyl (C=O) groups is 2. The molecule has 0 atom stereocenters. The fourth-order valence-corrected chi connectivity index (χ4v) is 3.08. The van der Waals surface area contributed by atoms with Gasteiger partial charge in [0.15, 0.2) is 5.17 Å². The summed E-state index contributed by atoms with van der Waals surface area (Å²) >= 11 is 1.24. The average Bonchev–Trinajstić information content (AvgIpc) is 3.17. The highest BCUT2D eigenvalue weighted by Crippen LogP contribution is 2.29. The van der Waals surface area contributed by atoms with Crippen molar-refractivity contribution in [2.24, 2.45) is 4.99 Å². The van der Waals surface area contributed by atoms with Crippen molar-refractivity contribution in [2.45, 2.75) is 6.42 Å². The highest BCUT2D eigenvalue weighted by molar-refractivity contribution is 8.14. The van der Waals surface area contributed by atoms with Crippen LogP contribution in [0.2, 0.25) is 0 Å². The highest BCUT2D eigenvalue weighted by Gasteiger charge is 2.32. The van der Waals surface area contributed by atoms with Gasteiger partial charge < -0.3 is 9.52 Å². The average molecular weight is 342 g/mol. The minimum atomic E-state index is -0.884. The van der Waals surface area contributed by atoms with Crippen LogP contribution in [0.15, 0.2) is 63.8 Å². The molecule has 0 radical (unpaired) electrons. The SMILES string of the molecule is O=C(O)CCSC1=N/C(=C/c2ccco2)C(=O)N1c1ccccc1. The van der Waals surface area contributed by atoms with Crippen molar-refractivity contribution < 1.29 is 19.1 Å². The third-order valence-electron chi connectivity index (χ3n) is 3.21. The van der Waals surface area contributed by atoms with Crippen LogP contribution in [0.25, 0.3) is 6.08 Å². The number of amidine groups is 1. The summed E-state index contributed by atoms with van der Waals surface area (Å²) in [7, 11) is 0. The number of hydrogen-bond acceptors (Lipinski definition) is 5. The number of carboxylic acids is 1. The van der Waals surface area contributed by atoms with E-state index in [1.54, 1.807) is 30.3 Å². The van der Waals surface area contributed by atoms with Crippen LogP contribution >= 0.6 is 11.8 Å². The van der Waals surface area contributed by atoms with E-state index in [-0.39, 0.29) is 18.0 Å². The van der Waals surface area contributed by atoms with Crippen LogP contribution in [-0.2, 0) is 9.59 Å². The summed E-state index contributed by atoms with van der Waals surface area (Å²) in [5.74, 6) is -0.286. The molecular weight excluding hydrogens is 328 g/mol. The predicted molar refractivity (Wildman–Crippen MR) is 92.8 cm³/mol. The normalized spacial score (nSPS) is 15.8. The van der Waals surface area contributed by atoms with Gasteiger partial charge >= 0.3 is 5.97 Å². The van der Waals surface area contributed by atoms with Gasteiger partial charge in [0.25, 0.3) is 5.91 Å². The lowest BCUT2D eigenvalue weighted by molar-refractivity contribution is -0.136. The molecule has 7 heteroatoms. The van der Waals surface area contributed by atoms with Crippen molar-refractivity contribution in [3.63, 3.8) is 0 Å². The van der Waals surface area contributed by atoms with E-state index in [2.05, 4.69) is 4.99 Å². The number of nitrogens with zero attached hydrogens (tertiary/aromatic N) is 2. The Balaban J connectivity index is 1.89. The number of aliphatic imine (C=N–C) groups is 1. The van der Waals surface area contributed by atoms with Gasteiger partial charge in [0.05, 0.1) is 18.4 Å². The molecule has 1 aromatic heterocycles.